The Morgan fingerprint density at radius 3 is 2.76 bits per heavy atom. The highest BCUT2D eigenvalue weighted by Gasteiger charge is 2.18. The maximum atomic E-state index is 12.4. The predicted octanol–water partition coefficient (Wildman–Crippen LogP) is 2.96. The van der Waals surface area contributed by atoms with E-state index in [0.29, 0.717) is 19.0 Å². The number of nitrogens with one attached hydrogen (secondary N) is 1. The number of hydrogen-bond donors (Lipinski definition) is 1. The normalized spacial score (nSPS) is 15.9. The van der Waals surface area contributed by atoms with Gasteiger partial charge in [-0.3, -0.25) is 0 Å². The highest BCUT2D eigenvalue weighted by Crippen LogP contribution is 2.34. The van der Waals surface area contributed by atoms with E-state index in [4.69, 9.17) is 9.47 Å². The van der Waals surface area contributed by atoms with Crippen LogP contribution in [0.5, 0.6) is 5.75 Å². The Morgan fingerprint density at radius 2 is 2.05 bits per heavy atom. The summed E-state index contributed by atoms with van der Waals surface area (Å²) in [6.45, 7) is 4.11. The number of nitrogens with zero attached hydrogens (tertiary/aromatic N) is 1. The van der Waals surface area contributed by atoms with E-state index < -0.39 is 13.0 Å². The maximum absolute atomic E-state index is 12.4. The molecular formula is C15H18F2N2O2. The molecule has 1 fully saturated rings. The molecule has 0 saturated carbocycles. The summed E-state index contributed by atoms with van der Waals surface area (Å²) < 4.78 is 35.6. The van der Waals surface area contributed by atoms with E-state index in [0.717, 1.165) is 35.4 Å². The molecule has 1 aliphatic heterocycles. The molecule has 114 valence electrons. The third-order valence-corrected chi connectivity index (χ3v) is 3.55. The van der Waals surface area contributed by atoms with Crippen molar-refractivity contribution in [2.24, 2.45) is 0 Å². The van der Waals surface area contributed by atoms with Crippen molar-refractivity contribution in [3.05, 3.63) is 23.9 Å². The van der Waals surface area contributed by atoms with E-state index in [1.807, 2.05) is 25.1 Å². The second-order valence-electron chi connectivity index (χ2n) is 5.16. The van der Waals surface area contributed by atoms with E-state index in [-0.39, 0.29) is 0 Å². The first-order valence-corrected chi connectivity index (χ1v) is 7.00. The molecule has 1 aromatic carbocycles. The topological polar surface area (TPSA) is 37.5 Å². The molecule has 0 bridgehead atoms. The van der Waals surface area contributed by atoms with Crippen molar-refractivity contribution in [1.29, 1.82) is 0 Å². The molecule has 0 aliphatic carbocycles. The largest absolute Gasteiger partial charge is 0.485 e. The Morgan fingerprint density at radius 1 is 1.29 bits per heavy atom. The van der Waals surface area contributed by atoms with Gasteiger partial charge in [0.05, 0.1) is 18.9 Å². The molecule has 0 amide bonds. The van der Waals surface area contributed by atoms with Gasteiger partial charge >= 0.3 is 0 Å². The van der Waals surface area contributed by atoms with Gasteiger partial charge in [-0.2, -0.15) is 0 Å². The summed E-state index contributed by atoms with van der Waals surface area (Å²) in [5.41, 5.74) is 2.86. The van der Waals surface area contributed by atoms with Gasteiger partial charge in [-0.25, -0.2) is 8.78 Å². The van der Waals surface area contributed by atoms with Gasteiger partial charge in [0.15, 0.2) is 0 Å². The zero-order valence-corrected chi connectivity index (χ0v) is 11.9. The fourth-order valence-electron chi connectivity index (χ4n) is 2.61. The molecule has 2 heterocycles. The average molecular weight is 296 g/mol. The molecule has 3 rings (SSSR count). The number of alkyl halides is 2. The lowest BCUT2D eigenvalue weighted by Crippen LogP contribution is -2.36. The first-order valence-electron chi connectivity index (χ1n) is 7.00. The van der Waals surface area contributed by atoms with Crippen LogP contribution in [0.25, 0.3) is 10.9 Å². The first kappa shape index (κ1) is 14.1. The number of fused-ring (bicyclic) bond motifs is 1. The molecule has 0 atom stereocenters. The van der Waals surface area contributed by atoms with Crippen molar-refractivity contribution in [3.63, 3.8) is 0 Å². The highest BCUT2D eigenvalue weighted by molar-refractivity contribution is 5.87. The van der Waals surface area contributed by atoms with Crippen molar-refractivity contribution < 1.29 is 18.3 Å². The van der Waals surface area contributed by atoms with Crippen LogP contribution in [0.15, 0.2) is 18.2 Å². The molecule has 0 radical (unpaired) electrons. The fraction of sp³-hybridized carbons (Fsp3) is 0.467. The van der Waals surface area contributed by atoms with Gasteiger partial charge in [0.1, 0.15) is 12.4 Å². The SMILES string of the molecule is Cc1cc2cc(OCC(F)F)c(N3CCOCC3)cc2[nH]1. The summed E-state index contributed by atoms with van der Waals surface area (Å²) in [5.74, 6) is 0.503. The second-order valence-corrected chi connectivity index (χ2v) is 5.16. The first-order chi connectivity index (χ1) is 10.1. The average Bonchev–Trinajstić information content (AvgIpc) is 2.84. The predicted molar refractivity (Wildman–Crippen MR) is 77.6 cm³/mol. The number of benzene rings is 1. The minimum absolute atomic E-state index is 0.503. The van der Waals surface area contributed by atoms with Crippen LogP contribution < -0.4 is 9.64 Å². The Bertz CT molecular complexity index is 621. The van der Waals surface area contributed by atoms with Crippen molar-refractivity contribution in [3.8, 4) is 5.75 Å². The van der Waals surface area contributed by atoms with Crippen molar-refractivity contribution in [1.82, 2.24) is 4.98 Å². The van der Waals surface area contributed by atoms with Gasteiger partial charge < -0.3 is 19.4 Å². The molecule has 6 heteroatoms. The molecule has 1 aliphatic rings. The molecule has 21 heavy (non-hydrogen) atoms. The van der Waals surface area contributed by atoms with E-state index in [1.165, 1.54) is 0 Å². The third-order valence-electron chi connectivity index (χ3n) is 3.55. The number of aromatic amines is 1. The lowest BCUT2D eigenvalue weighted by molar-refractivity contribution is 0.0817. The minimum atomic E-state index is -2.48. The molecule has 1 saturated heterocycles. The second kappa shape index (κ2) is 5.89. The smallest absolute Gasteiger partial charge is 0.272 e. The minimum Gasteiger partial charge on any atom is -0.485 e. The third kappa shape index (κ3) is 3.10. The Kier molecular flexibility index (Phi) is 3.96. The van der Waals surface area contributed by atoms with Crippen LogP contribution in [0.4, 0.5) is 14.5 Å². The number of ether oxygens (including phenoxy) is 2. The van der Waals surface area contributed by atoms with E-state index >= 15 is 0 Å². The van der Waals surface area contributed by atoms with Crippen molar-refractivity contribution >= 4 is 16.6 Å². The van der Waals surface area contributed by atoms with Crippen LogP contribution in [-0.4, -0.2) is 44.3 Å². The molecule has 1 aromatic heterocycles. The Hall–Kier alpha value is -1.82. The van der Waals surface area contributed by atoms with E-state index in [1.54, 1.807) is 0 Å². The Labute approximate surface area is 121 Å². The molecular weight excluding hydrogens is 278 g/mol. The van der Waals surface area contributed by atoms with Gasteiger partial charge in [0.2, 0.25) is 0 Å². The van der Waals surface area contributed by atoms with Crippen LogP contribution >= 0.6 is 0 Å². The van der Waals surface area contributed by atoms with Crippen LogP contribution in [-0.2, 0) is 4.74 Å². The summed E-state index contributed by atoms with van der Waals surface area (Å²) in [7, 11) is 0. The maximum Gasteiger partial charge on any atom is 0.272 e. The van der Waals surface area contributed by atoms with Gasteiger partial charge in [0, 0.05) is 29.7 Å². The number of H-pyrrole nitrogens is 1. The van der Waals surface area contributed by atoms with Gasteiger partial charge in [0.25, 0.3) is 6.43 Å². The molecule has 0 unspecified atom stereocenters. The van der Waals surface area contributed by atoms with Crippen LogP contribution in [0.1, 0.15) is 5.69 Å². The number of anilines is 1. The summed E-state index contributed by atoms with van der Waals surface area (Å²) >= 11 is 0. The quantitative estimate of drug-likeness (QED) is 0.942. The standard InChI is InChI=1S/C15H18F2N2O2/c1-10-6-11-7-14(21-9-15(16)17)13(8-12(11)18-10)19-2-4-20-5-3-19/h6-8,15,18H,2-5,9H2,1H3. The number of halogens is 2. The zero-order chi connectivity index (χ0) is 14.8. The lowest BCUT2D eigenvalue weighted by atomic mass is 10.2. The number of hydrogen-bond acceptors (Lipinski definition) is 3. The highest BCUT2D eigenvalue weighted by atomic mass is 19.3. The summed E-state index contributed by atoms with van der Waals surface area (Å²) in [5, 5.41) is 0.966. The lowest BCUT2D eigenvalue weighted by Gasteiger charge is -2.30. The number of aromatic nitrogens is 1. The van der Waals surface area contributed by atoms with E-state index in [2.05, 4.69) is 9.88 Å². The summed E-state index contributed by atoms with van der Waals surface area (Å²) in [6, 6.07) is 5.77. The fourth-order valence-corrected chi connectivity index (χ4v) is 2.61. The van der Waals surface area contributed by atoms with Crippen LogP contribution in [0.2, 0.25) is 0 Å². The van der Waals surface area contributed by atoms with Gasteiger partial charge in [-0.15, -0.1) is 0 Å². The van der Waals surface area contributed by atoms with Crippen LogP contribution in [0.3, 0.4) is 0 Å². The van der Waals surface area contributed by atoms with Gasteiger partial charge in [-0.05, 0) is 25.1 Å². The molecule has 1 N–H and O–H groups in total. The number of aryl methyl sites for hydroxylation is 1. The summed E-state index contributed by atoms with van der Waals surface area (Å²) in [4.78, 5) is 5.38. The molecule has 2 aromatic rings. The molecule has 0 spiro atoms. The summed E-state index contributed by atoms with van der Waals surface area (Å²) in [6.07, 6.45) is -2.48. The zero-order valence-electron chi connectivity index (χ0n) is 11.9. The van der Waals surface area contributed by atoms with Crippen LogP contribution in [0, 0.1) is 6.92 Å². The van der Waals surface area contributed by atoms with Crippen molar-refractivity contribution in [2.75, 3.05) is 37.8 Å². The van der Waals surface area contributed by atoms with E-state index in [9.17, 15) is 8.78 Å². The Balaban J connectivity index is 1.98. The van der Waals surface area contributed by atoms with Crippen molar-refractivity contribution in [2.45, 2.75) is 13.3 Å². The number of rotatable bonds is 4. The number of morpholine rings is 1. The molecule has 4 nitrogen and oxygen atoms in total. The monoisotopic (exact) mass is 296 g/mol. The van der Waals surface area contributed by atoms with Gasteiger partial charge in [-0.1, -0.05) is 0 Å².